The molecule has 8 rings (SSSR count). The van der Waals surface area contributed by atoms with Crippen LogP contribution in [0.3, 0.4) is 0 Å². The van der Waals surface area contributed by atoms with Gasteiger partial charge in [0.05, 0.1) is 32.0 Å². The number of anilines is 2. The number of aryl methyl sites for hydroxylation is 1. The Labute approximate surface area is 342 Å². The molecule has 304 valence electrons. The maximum Gasteiger partial charge on any atom is 0.274 e. The van der Waals surface area contributed by atoms with Crippen molar-refractivity contribution in [3.63, 3.8) is 0 Å². The minimum Gasteiger partial charge on any atom is -0.386 e. The predicted molar refractivity (Wildman–Crippen MR) is 222 cm³/mol. The molecule has 2 aromatic carbocycles. The van der Waals surface area contributed by atoms with Crippen LogP contribution in [0.15, 0.2) is 48.5 Å². The molecule has 0 radical (unpaired) electrons. The van der Waals surface area contributed by atoms with E-state index in [1.165, 1.54) is 0 Å². The van der Waals surface area contributed by atoms with Gasteiger partial charge < -0.3 is 20.6 Å². The number of amides is 5. The van der Waals surface area contributed by atoms with Gasteiger partial charge in [-0.3, -0.25) is 34.2 Å². The molecule has 4 heterocycles. The first kappa shape index (κ1) is 39.8. The molecule has 3 fully saturated rings. The number of carbonyl (C=O) groups is 5. The number of carbonyl (C=O) groups excluding carboxylic acids is 5. The quantitative estimate of drug-likeness (QED) is 0.130. The average Bonchev–Trinajstić information content (AvgIpc) is 3.72. The number of hydrogen-bond donors (Lipinski definition) is 4. The van der Waals surface area contributed by atoms with Crippen LogP contribution in [0.5, 0.6) is 0 Å². The summed E-state index contributed by atoms with van der Waals surface area (Å²) in [6, 6.07) is 14.0. The summed E-state index contributed by atoms with van der Waals surface area (Å²) in [5, 5.41) is 21.0. The van der Waals surface area contributed by atoms with Crippen LogP contribution in [-0.2, 0) is 15.2 Å². The molecular formula is C44H51N7O6S. The van der Waals surface area contributed by atoms with E-state index in [0.717, 1.165) is 83.7 Å². The molecule has 2 aliphatic heterocycles. The lowest BCUT2D eigenvalue weighted by atomic mass is 9.81. The molecule has 0 spiro atoms. The van der Waals surface area contributed by atoms with Crippen LogP contribution in [0.4, 0.5) is 11.4 Å². The second-order valence-corrected chi connectivity index (χ2v) is 18.1. The number of nitrogens with zero attached hydrogens (tertiary/aromatic N) is 4. The molecule has 0 bridgehead atoms. The monoisotopic (exact) mass is 805 g/mol. The Morgan fingerprint density at radius 1 is 0.931 bits per heavy atom. The maximum atomic E-state index is 13.6. The summed E-state index contributed by atoms with van der Waals surface area (Å²) in [6.45, 7) is 6.32. The standard InChI is InChI=1S/C44H51N7O6S/c1-24-7-5-10-32(45-24)39(53)47-33-22-36-34(21-30(33)44(2,3)57)48-41(58-36)26-13-11-25(12-14-26)23-50(4)28-17-15-27(16-18-28)46-31-9-6-8-29-38(31)43(56)51(42(29)55)35-19-20-37(52)49-40(35)54/h5-10,21-22,25-28,35,46,57H,11-20,23H2,1-4H3,(H,47,53)(H,49,52,54). The Balaban J connectivity index is 0.842. The summed E-state index contributed by atoms with van der Waals surface area (Å²) in [5.41, 5.74) is 3.12. The summed E-state index contributed by atoms with van der Waals surface area (Å²) in [5.74, 6) is -1.33. The predicted octanol–water partition coefficient (Wildman–Crippen LogP) is 6.51. The molecule has 1 saturated heterocycles. The molecule has 1 unspecified atom stereocenters. The SMILES string of the molecule is Cc1cccc(C(=O)Nc2cc3sc(C4CCC(CN(C)C5CCC(Nc6cccc7c6C(=O)N(C6CCC(=O)NC6=O)C7=O)CC5)CC4)nc3cc2C(C)(C)O)n1. The Morgan fingerprint density at radius 2 is 1.67 bits per heavy atom. The number of rotatable bonds is 10. The second-order valence-electron chi connectivity index (χ2n) is 17.1. The highest BCUT2D eigenvalue weighted by atomic mass is 32.1. The zero-order chi connectivity index (χ0) is 40.9. The molecule has 58 heavy (non-hydrogen) atoms. The topological polar surface area (TPSA) is 174 Å². The van der Waals surface area contributed by atoms with Crippen molar-refractivity contribution in [2.24, 2.45) is 5.92 Å². The molecule has 2 aromatic heterocycles. The number of pyridine rings is 1. The van der Waals surface area contributed by atoms with Crippen molar-refractivity contribution in [2.75, 3.05) is 24.2 Å². The van der Waals surface area contributed by atoms with Gasteiger partial charge in [0.2, 0.25) is 11.8 Å². The van der Waals surface area contributed by atoms with E-state index >= 15 is 0 Å². The number of hydrogen-bond acceptors (Lipinski definition) is 11. The van der Waals surface area contributed by atoms with E-state index in [1.54, 1.807) is 49.4 Å². The summed E-state index contributed by atoms with van der Waals surface area (Å²) >= 11 is 1.67. The molecule has 4 aromatic rings. The fourth-order valence-electron chi connectivity index (χ4n) is 9.30. The molecule has 14 heteroatoms. The van der Waals surface area contributed by atoms with Crippen molar-refractivity contribution in [1.82, 2.24) is 25.1 Å². The summed E-state index contributed by atoms with van der Waals surface area (Å²) in [7, 11) is 2.24. The van der Waals surface area contributed by atoms with E-state index in [2.05, 4.69) is 32.9 Å². The number of aromatic nitrogens is 2. The number of thiazole rings is 1. The van der Waals surface area contributed by atoms with Gasteiger partial charge in [-0.2, -0.15) is 0 Å². The first-order valence-corrected chi connectivity index (χ1v) is 21.3. The Bertz CT molecular complexity index is 2280. The molecular weight excluding hydrogens is 755 g/mol. The number of aliphatic hydroxyl groups is 1. The third-order valence-corrected chi connectivity index (χ3v) is 13.6. The largest absolute Gasteiger partial charge is 0.386 e. The summed E-state index contributed by atoms with van der Waals surface area (Å²) in [4.78, 5) is 77.2. The summed E-state index contributed by atoms with van der Waals surface area (Å²) < 4.78 is 0.980. The zero-order valence-corrected chi connectivity index (χ0v) is 34.3. The van der Waals surface area contributed by atoms with E-state index in [1.807, 2.05) is 31.2 Å². The van der Waals surface area contributed by atoms with E-state index < -0.39 is 35.3 Å². The second kappa shape index (κ2) is 16.0. The number of piperidine rings is 1. The highest BCUT2D eigenvalue weighted by Gasteiger charge is 2.46. The van der Waals surface area contributed by atoms with Gasteiger partial charge in [0, 0.05) is 53.6 Å². The molecule has 13 nitrogen and oxygen atoms in total. The van der Waals surface area contributed by atoms with Crippen LogP contribution in [-0.4, -0.2) is 86.1 Å². The fourth-order valence-corrected chi connectivity index (χ4v) is 10.5. The van der Waals surface area contributed by atoms with Gasteiger partial charge in [-0.15, -0.1) is 11.3 Å². The van der Waals surface area contributed by atoms with Crippen LogP contribution >= 0.6 is 11.3 Å². The number of fused-ring (bicyclic) bond motifs is 2. The van der Waals surface area contributed by atoms with Crippen LogP contribution in [0.2, 0.25) is 0 Å². The van der Waals surface area contributed by atoms with Gasteiger partial charge in [0.25, 0.3) is 17.7 Å². The Kier molecular flexibility index (Phi) is 10.9. The van der Waals surface area contributed by atoms with Gasteiger partial charge in [0.1, 0.15) is 11.7 Å². The fraction of sp³-hybridized carbons (Fsp3) is 0.477. The van der Waals surface area contributed by atoms with Crippen molar-refractivity contribution in [1.29, 1.82) is 0 Å². The average molecular weight is 806 g/mol. The van der Waals surface area contributed by atoms with Gasteiger partial charge in [0.15, 0.2) is 0 Å². The highest BCUT2D eigenvalue weighted by Crippen LogP contribution is 2.42. The maximum absolute atomic E-state index is 13.6. The highest BCUT2D eigenvalue weighted by molar-refractivity contribution is 7.18. The molecule has 4 aliphatic rings. The first-order chi connectivity index (χ1) is 27.7. The van der Waals surface area contributed by atoms with Crippen LogP contribution < -0.4 is 16.0 Å². The minimum atomic E-state index is -1.19. The molecule has 2 saturated carbocycles. The van der Waals surface area contributed by atoms with Crippen molar-refractivity contribution in [2.45, 2.75) is 115 Å². The molecule has 1 atom stereocenters. The summed E-state index contributed by atoms with van der Waals surface area (Å²) in [6.07, 6.45) is 8.53. The normalized spacial score (nSPS) is 24.0. The Morgan fingerprint density at radius 3 is 2.38 bits per heavy atom. The van der Waals surface area contributed by atoms with E-state index in [4.69, 9.17) is 4.98 Å². The van der Waals surface area contributed by atoms with Gasteiger partial charge in [-0.05, 0) is 128 Å². The van der Waals surface area contributed by atoms with E-state index in [0.29, 0.717) is 46.1 Å². The van der Waals surface area contributed by atoms with E-state index in [-0.39, 0.29) is 30.4 Å². The number of benzene rings is 2. The van der Waals surface area contributed by atoms with Gasteiger partial charge in [-0.1, -0.05) is 12.1 Å². The van der Waals surface area contributed by atoms with Crippen molar-refractivity contribution >= 4 is 62.5 Å². The Hall–Kier alpha value is -5.05. The molecule has 2 aliphatic carbocycles. The molecule has 4 N–H and O–H groups in total. The van der Waals surface area contributed by atoms with Gasteiger partial charge >= 0.3 is 0 Å². The van der Waals surface area contributed by atoms with Crippen molar-refractivity contribution in [3.8, 4) is 0 Å². The lowest BCUT2D eigenvalue weighted by Gasteiger charge is -2.38. The van der Waals surface area contributed by atoms with Crippen molar-refractivity contribution < 1.29 is 29.1 Å². The van der Waals surface area contributed by atoms with Crippen LogP contribution in [0.25, 0.3) is 10.2 Å². The van der Waals surface area contributed by atoms with Crippen LogP contribution in [0.1, 0.15) is 131 Å². The molecule has 5 amide bonds. The lowest BCUT2D eigenvalue weighted by Crippen LogP contribution is -2.54. The lowest BCUT2D eigenvalue weighted by molar-refractivity contribution is -0.136. The number of imide groups is 2. The van der Waals surface area contributed by atoms with E-state index in [9.17, 15) is 29.1 Å². The van der Waals surface area contributed by atoms with Crippen LogP contribution in [0, 0.1) is 12.8 Å². The first-order valence-electron chi connectivity index (χ1n) is 20.5. The van der Waals surface area contributed by atoms with Crippen molar-refractivity contribution in [3.05, 3.63) is 81.6 Å². The third kappa shape index (κ3) is 8.01. The smallest absolute Gasteiger partial charge is 0.274 e. The minimum absolute atomic E-state index is 0.0869. The number of nitrogens with one attached hydrogen (secondary N) is 3. The third-order valence-electron chi connectivity index (χ3n) is 12.5. The van der Waals surface area contributed by atoms with Gasteiger partial charge in [-0.25, -0.2) is 9.97 Å². The zero-order valence-electron chi connectivity index (χ0n) is 33.5.